The summed E-state index contributed by atoms with van der Waals surface area (Å²) in [6, 6.07) is 5.10. The molecule has 1 amide bonds. The Hall–Kier alpha value is -1.55. The zero-order valence-corrected chi connectivity index (χ0v) is 8.88. The SMILES string of the molecule is COc1ccc(CNC(=O)C=O)c(Cl)c1. The highest BCUT2D eigenvalue weighted by Gasteiger charge is 2.03. The lowest BCUT2D eigenvalue weighted by atomic mass is 10.2. The van der Waals surface area contributed by atoms with Gasteiger partial charge in [-0.15, -0.1) is 0 Å². The Labute approximate surface area is 92.2 Å². The van der Waals surface area contributed by atoms with Gasteiger partial charge < -0.3 is 10.1 Å². The molecule has 80 valence electrons. The van der Waals surface area contributed by atoms with E-state index in [1.54, 1.807) is 25.3 Å². The molecule has 1 rings (SSSR count). The van der Waals surface area contributed by atoms with Gasteiger partial charge in [0.1, 0.15) is 5.75 Å². The van der Waals surface area contributed by atoms with Crippen LogP contribution in [0.2, 0.25) is 5.02 Å². The van der Waals surface area contributed by atoms with E-state index in [2.05, 4.69) is 5.32 Å². The molecule has 0 aliphatic heterocycles. The molecule has 0 bridgehead atoms. The number of nitrogens with one attached hydrogen (secondary N) is 1. The highest BCUT2D eigenvalue weighted by atomic mass is 35.5. The summed E-state index contributed by atoms with van der Waals surface area (Å²) in [7, 11) is 1.54. The molecule has 0 aliphatic carbocycles. The predicted octanol–water partition coefficient (Wildman–Crippen LogP) is 1.16. The third-order valence-electron chi connectivity index (χ3n) is 1.82. The Morgan fingerprint density at radius 1 is 1.60 bits per heavy atom. The summed E-state index contributed by atoms with van der Waals surface area (Å²) in [5, 5.41) is 2.88. The van der Waals surface area contributed by atoms with E-state index in [0.29, 0.717) is 10.8 Å². The second kappa shape index (κ2) is 5.36. The van der Waals surface area contributed by atoms with E-state index in [1.807, 2.05) is 0 Å². The molecule has 1 N–H and O–H groups in total. The second-order valence-corrected chi connectivity index (χ2v) is 3.20. The van der Waals surface area contributed by atoms with Crippen LogP contribution in [-0.4, -0.2) is 19.3 Å². The average molecular weight is 228 g/mol. The number of carbonyl (C=O) groups is 2. The molecular weight excluding hydrogens is 218 g/mol. The van der Waals surface area contributed by atoms with Gasteiger partial charge in [-0.25, -0.2) is 0 Å². The van der Waals surface area contributed by atoms with Gasteiger partial charge in [0.25, 0.3) is 5.91 Å². The maximum Gasteiger partial charge on any atom is 0.284 e. The van der Waals surface area contributed by atoms with Gasteiger partial charge in [-0.2, -0.15) is 0 Å². The summed E-state index contributed by atoms with van der Waals surface area (Å²) in [4.78, 5) is 20.7. The first kappa shape index (κ1) is 11.5. The fourth-order valence-corrected chi connectivity index (χ4v) is 1.26. The first-order valence-corrected chi connectivity index (χ1v) is 4.60. The summed E-state index contributed by atoms with van der Waals surface area (Å²) in [5.74, 6) is -0.0210. The van der Waals surface area contributed by atoms with E-state index in [0.717, 1.165) is 5.56 Å². The van der Waals surface area contributed by atoms with Crippen LogP contribution in [0, 0.1) is 0 Å². The molecule has 15 heavy (non-hydrogen) atoms. The lowest BCUT2D eigenvalue weighted by Crippen LogP contribution is -2.23. The van der Waals surface area contributed by atoms with E-state index in [9.17, 15) is 9.59 Å². The van der Waals surface area contributed by atoms with E-state index >= 15 is 0 Å². The van der Waals surface area contributed by atoms with Crippen LogP contribution in [0.3, 0.4) is 0 Å². The van der Waals surface area contributed by atoms with E-state index in [1.165, 1.54) is 0 Å². The molecule has 0 saturated heterocycles. The van der Waals surface area contributed by atoms with Gasteiger partial charge in [-0.05, 0) is 17.7 Å². The third kappa shape index (κ3) is 3.25. The van der Waals surface area contributed by atoms with Crippen molar-refractivity contribution in [2.75, 3.05) is 7.11 Å². The second-order valence-electron chi connectivity index (χ2n) is 2.79. The van der Waals surface area contributed by atoms with Crippen LogP contribution in [0.5, 0.6) is 5.75 Å². The Balaban J connectivity index is 2.69. The van der Waals surface area contributed by atoms with Crippen molar-refractivity contribution in [2.45, 2.75) is 6.54 Å². The number of aldehydes is 1. The van der Waals surface area contributed by atoms with Crippen LogP contribution in [0.1, 0.15) is 5.56 Å². The first-order chi connectivity index (χ1) is 7.17. The van der Waals surface area contributed by atoms with Gasteiger partial charge in [0, 0.05) is 11.6 Å². The molecule has 1 aromatic carbocycles. The largest absolute Gasteiger partial charge is 0.497 e. The number of ether oxygens (including phenoxy) is 1. The number of hydrogen-bond acceptors (Lipinski definition) is 3. The Morgan fingerprint density at radius 2 is 2.33 bits per heavy atom. The van der Waals surface area contributed by atoms with Gasteiger partial charge in [0.15, 0.2) is 0 Å². The van der Waals surface area contributed by atoms with Gasteiger partial charge >= 0.3 is 0 Å². The molecule has 0 saturated carbocycles. The molecule has 0 aliphatic rings. The molecule has 0 heterocycles. The van der Waals surface area contributed by atoms with Crippen LogP contribution < -0.4 is 10.1 Å². The molecule has 5 heteroatoms. The van der Waals surface area contributed by atoms with E-state index in [-0.39, 0.29) is 12.8 Å². The molecule has 0 atom stereocenters. The maximum atomic E-state index is 10.7. The highest BCUT2D eigenvalue weighted by molar-refractivity contribution is 6.31. The van der Waals surface area contributed by atoms with Crippen molar-refractivity contribution in [3.63, 3.8) is 0 Å². The number of rotatable bonds is 4. The lowest BCUT2D eigenvalue weighted by molar-refractivity contribution is -0.131. The van der Waals surface area contributed by atoms with Crippen molar-refractivity contribution >= 4 is 23.8 Å². The van der Waals surface area contributed by atoms with Crippen molar-refractivity contribution < 1.29 is 14.3 Å². The average Bonchev–Trinajstić information content (AvgIpc) is 2.26. The first-order valence-electron chi connectivity index (χ1n) is 4.22. The quantitative estimate of drug-likeness (QED) is 0.621. The normalized spacial score (nSPS) is 9.47. The zero-order valence-electron chi connectivity index (χ0n) is 8.12. The minimum atomic E-state index is -0.665. The minimum Gasteiger partial charge on any atom is -0.497 e. The number of amides is 1. The molecule has 0 fully saturated rings. The monoisotopic (exact) mass is 227 g/mol. The summed E-state index contributed by atoms with van der Waals surface area (Å²) >= 11 is 5.92. The molecule has 0 radical (unpaired) electrons. The molecule has 0 spiro atoms. The van der Waals surface area contributed by atoms with E-state index in [4.69, 9.17) is 16.3 Å². The summed E-state index contributed by atoms with van der Waals surface area (Å²) < 4.78 is 4.97. The smallest absolute Gasteiger partial charge is 0.284 e. The molecular formula is C10H10ClNO3. The molecule has 0 aromatic heterocycles. The van der Waals surface area contributed by atoms with Crippen molar-refractivity contribution in [3.8, 4) is 5.75 Å². The Bertz CT molecular complexity index is 379. The number of benzene rings is 1. The predicted molar refractivity (Wildman–Crippen MR) is 55.9 cm³/mol. The lowest BCUT2D eigenvalue weighted by Gasteiger charge is -2.06. The maximum absolute atomic E-state index is 10.7. The van der Waals surface area contributed by atoms with Gasteiger partial charge in [0.2, 0.25) is 6.29 Å². The van der Waals surface area contributed by atoms with Crippen molar-refractivity contribution in [1.29, 1.82) is 0 Å². The number of hydrogen-bond donors (Lipinski definition) is 1. The topological polar surface area (TPSA) is 55.4 Å². The Morgan fingerprint density at radius 3 is 2.87 bits per heavy atom. The van der Waals surface area contributed by atoms with Gasteiger partial charge in [-0.3, -0.25) is 9.59 Å². The van der Waals surface area contributed by atoms with Crippen LogP contribution in [0.15, 0.2) is 18.2 Å². The fraction of sp³-hybridized carbons (Fsp3) is 0.200. The summed E-state index contributed by atoms with van der Waals surface area (Å²) in [6.45, 7) is 0.223. The van der Waals surface area contributed by atoms with Crippen LogP contribution in [0.25, 0.3) is 0 Å². The number of carbonyl (C=O) groups excluding carboxylic acids is 2. The standard InChI is InChI=1S/C10H10ClNO3/c1-15-8-3-2-7(9(11)4-8)5-12-10(14)6-13/h2-4,6H,5H2,1H3,(H,12,14). The van der Waals surface area contributed by atoms with Crippen LogP contribution in [0.4, 0.5) is 0 Å². The van der Waals surface area contributed by atoms with Gasteiger partial charge in [-0.1, -0.05) is 17.7 Å². The molecule has 4 nitrogen and oxygen atoms in total. The highest BCUT2D eigenvalue weighted by Crippen LogP contribution is 2.21. The summed E-state index contributed by atoms with van der Waals surface area (Å²) in [6.07, 6.45) is 0.220. The number of methoxy groups -OCH3 is 1. The number of halogens is 1. The van der Waals surface area contributed by atoms with Crippen molar-refractivity contribution in [3.05, 3.63) is 28.8 Å². The molecule has 0 unspecified atom stereocenters. The zero-order chi connectivity index (χ0) is 11.3. The van der Waals surface area contributed by atoms with Crippen LogP contribution >= 0.6 is 11.6 Å². The van der Waals surface area contributed by atoms with E-state index < -0.39 is 5.91 Å². The van der Waals surface area contributed by atoms with Gasteiger partial charge in [0.05, 0.1) is 7.11 Å². The summed E-state index contributed by atoms with van der Waals surface area (Å²) in [5.41, 5.74) is 0.729. The minimum absolute atomic E-state index is 0.220. The van der Waals surface area contributed by atoms with Crippen molar-refractivity contribution in [2.24, 2.45) is 0 Å². The third-order valence-corrected chi connectivity index (χ3v) is 2.17. The Kier molecular flexibility index (Phi) is 4.12. The van der Waals surface area contributed by atoms with Crippen molar-refractivity contribution in [1.82, 2.24) is 5.32 Å². The molecule has 1 aromatic rings. The fourth-order valence-electron chi connectivity index (χ4n) is 1.02. The van der Waals surface area contributed by atoms with Crippen LogP contribution in [-0.2, 0) is 16.1 Å².